The van der Waals surface area contributed by atoms with E-state index < -0.39 is 5.79 Å². The van der Waals surface area contributed by atoms with E-state index in [-0.39, 0.29) is 5.91 Å². The zero-order valence-electron chi connectivity index (χ0n) is 13.3. The van der Waals surface area contributed by atoms with Crippen LogP contribution in [0.1, 0.15) is 48.5 Å². The van der Waals surface area contributed by atoms with E-state index in [4.69, 9.17) is 9.47 Å². The quantitative estimate of drug-likeness (QED) is 0.858. The van der Waals surface area contributed by atoms with E-state index in [1.54, 1.807) is 0 Å². The summed E-state index contributed by atoms with van der Waals surface area (Å²) in [6.07, 6.45) is 5.02. The number of nitrogens with zero attached hydrogens (tertiary/aromatic N) is 1. The zero-order chi connectivity index (χ0) is 15.4. The Balaban J connectivity index is 1.57. The molecular weight excluding hydrogens is 278 g/mol. The number of carbonyl (C=O) groups excluding carboxylic acids is 1. The topological polar surface area (TPSA) is 38.8 Å². The predicted molar refractivity (Wildman–Crippen MR) is 84.8 cm³/mol. The Morgan fingerprint density at radius 3 is 2.36 bits per heavy atom. The van der Waals surface area contributed by atoms with E-state index in [9.17, 15) is 4.79 Å². The van der Waals surface area contributed by atoms with Gasteiger partial charge in [-0.15, -0.1) is 0 Å². The first kappa shape index (κ1) is 15.5. The molecule has 4 nitrogen and oxygen atoms in total. The van der Waals surface area contributed by atoms with Gasteiger partial charge >= 0.3 is 0 Å². The fourth-order valence-electron chi connectivity index (χ4n) is 3.21. The van der Waals surface area contributed by atoms with Gasteiger partial charge in [-0.3, -0.25) is 4.79 Å². The molecule has 2 aliphatic heterocycles. The lowest BCUT2D eigenvalue weighted by molar-refractivity contribution is -0.181. The first-order valence-electron chi connectivity index (χ1n) is 8.38. The Hall–Kier alpha value is -1.39. The molecule has 120 valence electrons. The molecule has 0 atom stereocenters. The average Bonchev–Trinajstić information content (AvgIpc) is 3.02. The van der Waals surface area contributed by atoms with Crippen LogP contribution < -0.4 is 0 Å². The molecule has 0 unspecified atom stereocenters. The largest absolute Gasteiger partial charge is 0.347 e. The minimum atomic E-state index is -0.416. The molecule has 0 bridgehead atoms. The fourth-order valence-corrected chi connectivity index (χ4v) is 3.21. The molecule has 4 heteroatoms. The number of unbranched alkanes of at least 4 members (excludes halogenated alkanes) is 1. The molecule has 2 fully saturated rings. The Morgan fingerprint density at radius 1 is 1.14 bits per heavy atom. The molecule has 1 aromatic carbocycles. The average molecular weight is 303 g/mol. The van der Waals surface area contributed by atoms with Crippen molar-refractivity contribution in [1.82, 2.24) is 4.90 Å². The van der Waals surface area contributed by atoms with E-state index in [2.05, 4.69) is 19.1 Å². The molecule has 2 heterocycles. The molecule has 0 radical (unpaired) electrons. The summed E-state index contributed by atoms with van der Waals surface area (Å²) in [7, 11) is 0. The van der Waals surface area contributed by atoms with Crippen molar-refractivity contribution in [3.05, 3.63) is 35.4 Å². The van der Waals surface area contributed by atoms with Crippen molar-refractivity contribution < 1.29 is 14.3 Å². The Morgan fingerprint density at radius 2 is 1.77 bits per heavy atom. The van der Waals surface area contributed by atoms with E-state index in [1.165, 1.54) is 18.4 Å². The number of piperidine rings is 1. The number of amides is 1. The highest BCUT2D eigenvalue weighted by atomic mass is 16.7. The normalized spacial score (nSPS) is 20.5. The zero-order valence-corrected chi connectivity index (χ0v) is 13.3. The van der Waals surface area contributed by atoms with Crippen LogP contribution in [-0.2, 0) is 15.9 Å². The second-order valence-corrected chi connectivity index (χ2v) is 6.20. The number of carbonyl (C=O) groups is 1. The molecule has 1 aromatic rings. The van der Waals surface area contributed by atoms with Crippen LogP contribution >= 0.6 is 0 Å². The van der Waals surface area contributed by atoms with Crippen molar-refractivity contribution in [3.8, 4) is 0 Å². The maximum atomic E-state index is 12.6. The summed E-state index contributed by atoms with van der Waals surface area (Å²) in [6.45, 7) is 4.95. The summed E-state index contributed by atoms with van der Waals surface area (Å²) in [5.41, 5.74) is 2.09. The van der Waals surface area contributed by atoms with Crippen molar-refractivity contribution in [1.29, 1.82) is 0 Å². The Kier molecular flexibility index (Phi) is 4.79. The molecule has 2 aliphatic rings. The smallest absolute Gasteiger partial charge is 0.253 e. The summed E-state index contributed by atoms with van der Waals surface area (Å²) in [5, 5.41) is 0. The minimum absolute atomic E-state index is 0.120. The summed E-state index contributed by atoms with van der Waals surface area (Å²) in [6, 6.07) is 8.08. The van der Waals surface area contributed by atoms with Crippen LogP contribution in [0, 0.1) is 0 Å². The second kappa shape index (κ2) is 6.80. The van der Waals surface area contributed by atoms with Crippen molar-refractivity contribution in [2.45, 2.75) is 44.8 Å². The SMILES string of the molecule is CCCCc1ccc(C(=O)N2CCC3(CC2)OCCO3)cc1. The van der Waals surface area contributed by atoms with E-state index in [0.717, 1.165) is 24.8 Å². The Bertz CT molecular complexity index is 496. The van der Waals surface area contributed by atoms with Crippen molar-refractivity contribution >= 4 is 5.91 Å². The number of hydrogen-bond donors (Lipinski definition) is 0. The molecule has 0 saturated carbocycles. The number of ether oxygens (including phenoxy) is 2. The fraction of sp³-hybridized carbons (Fsp3) is 0.611. The van der Waals surface area contributed by atoms with Gasteiger partial charge in [-0.1, -0.05) is 25.5 Å². The van der Waals surface area contributed by atoms with Crippen LogP contribution in [0.5, 0.6) is 0 Å². The highest BCUT2D eigenvalue weighted by Crippen LogP contribution is 2.31. The second-order valence-electron chi connectivity index (χ2n) is 6.20. The number of hydrogen-bond acceptors (Lipinski definition) is 3. The van der Waals surface area contributed by atoms with E-state index >= 15 is 0 Å². The lowest BCUT2D eigenvalue weighted by Gasteiger charge is -2.37. The third kappa shape index (κ3) is 3.33. The first-order valence-corrected chi connectivity index (χ1v) is 8.38. The summed E-state index contributed by atoms with van der Waals surface area (Å²) in [5.74, 6) is -0.296. The summed E-state index contributed by atoms with van der Waals surface area (Å²) < 4.78 is 11.4. The van der Waals surface area contributed by atoms with Gasteiger partial charge in [-0.05, 0) is 30.5 Å². The molecule has 0 aliphatic carbocycles. The summed E-state index contributed by atoms with van der Waals surface area (Å²) >= 11 is 0. The van der Waals surface area contributed by atoms with Crippen molar-refractivity contribution in [2.24, 2.45) is 0 Å². The van der Waals surface area contributed by atoms with Gasteiger partial charge in [-0.2, -0.15) is 0 Å². The van der Waals surface area contributed by atoms with Crippen LogP contribution in [-0.4, -0.2) is 42.9 Å². The molecule has 3 rings (SSSR count). The van der Waals surface area contributed by atoms with Crippen LogP contribution in [0.3, 0.4) is 0 Å². The van der Waals surface area contributed by atoms with E-state index in [1.807, 2.05) is 17.0 Å². The van der Waals surface area contributed by atoms with Gasteiger partial charge in [0.1, 0.15) is 0 Å². The molecular formula is C18H25NO3. The van der Waals surface area contributed by atoms with Crippen LogP contribution in [0.25, 0.3) is 0 Å². The number of benzene rings is 1. The minimum Gasteiger partial charge on any atom is -0.347 e. The van der Waals surface area contributed by atoms with Gasteiger partial charge in [0.15, 0.2) is 5.79 Å². The molecule has 2 saturated heterocycles. The standard InChI is InChI=1S/C18H25NO3/c1-2-3-4-15-5-7-16(8-6-15)17(20)19-11-9-18(10-12-19)21-13-14-22-18/h5-8H,2-4,9-14H2,1H3. The van der Waals surface area contributed by atoms with E-state index in [0.29, 0.717) is 26.3 Å². The van der Waals surface area contributed by atoms with Crippen molar-refractivity contribution in [3.63, 3.8) is 0 Å². The van der Waals surface area contributed by atoms with Gasteiger partial charge < -0.3 is 14.4 Å². The maximum Gasteiger partial charge on any atom is 0.253 e. The summed E-state index contributed by atoms with van der Waals surface area (Å²) in [4.78, 5) is 14.5. The van der Waals surface area contributed by atoms with Gasteiger partial charge in [0.25, 0.3) is 5.91 Å². The number of likely N-dealkylation sites (tertiary alicyclic amines) is 1. The highest BCUT2D eigenvalue weighted by molar-refractivity contribution is 5.94. The number of rotatable bonds is 4. The molecule has 0 N–H and O–H groups in total. The highest BCUT2D eigenvalue weighted by Gasteiger charge is 2.40. The first-order chi connectivity index (χ1) is 10.7. The van der Waals surface area contributed by atoms with Crippen LogP contribution in [0.4, 0.5) is 0 Å². The predicted octanol–water partition coefficient (Wildman–Crippen LogP) is 3.01. The maximum absolute atomic E-state index is 12.6. The third-order valence-corrected chi connectivity index (χ3v) is 4.65. The van der Waals surface area contributed by atoms with Gasteiger partial charge in [-0.25, -0.2) is 0 Å². The van der Waals surface area contributed by atoms with Crippen LogP contribution in [0.2, 0.25) is 0 Å². The van der Waals surface area contributed by atoms with Gasteiger partial charge in [0.05, 0.1) is 13.2 Å². The number of aryl methyl sites for hydroxylation is 1. The van der Waals surface area contributed by atoms with Crippen LogP contribution in [0.15, 0.2) is 24.3 Å². The van der Waals surface area contributed by atoms with Gasteiger partial charge in [0.2, 0.25) is 0 Å². The molecule has 22 heavy (non-hydrogen) atoms. The molecule has 0 aromatic heterocycles. The Labute approximate surface area is 132 Å². The lowest BCUT2D eigenvalue weighted by atomic mass is 10.0. The lowest BCUT2D eigenvalue weighted by Crippen LogP contribution is -2.47. The van der Waals surface area contributed by atoms with Crippen molar-refractivity contribution in [2.75, 3.05) is 26.3 Å². The molecule has 1 spiro atoms. The third-order valence-electron chi connectivity index (χ3n) is 4.65. The molecule has 1 amide bonds. The monoisotopic (exact) mass is 303 g/mol. The van der Waals surface area contributed by atoms with Gasteiger partial charge in [0, 0.05) is 31.5 Å².